The van der Waals surface area contributed by atoms with Crippen LogP contribution in [0.1, 0.15) is 57.2 Å². The van der Waals surface area contributed by atoms with Crippen LogP contribution in [0.25, 0.3) is 22.2 Å². The average Bonchev–Trinajstić information content (AvgIpc) is 2.82. The third-order valence-electron chi connectivity index (χ3n) is 6.56. The fourth-order valence-electron chi connectivity index (χ4n) is 4.78. The Morgan fingerprint density at radius 3 is 2.65 bits per heavy atom. The molecule has 1 aliphatic rings. The van der Waals surface area contributed by atoms with Crippen molar-refractivity contribution in [3.63, 3.8) is 0 Å². The Labute approximate surface area is 195 Å². The van der Waals surface area contributed by atoms with Crippen molar-refractivity contribution in [1.82, 2.24) is 20.5 Å². The van der Waals surface area contributed by atoms with Crippen LogP contribution in [0.4, 0.5) is 13.2 Å². The molecule has 0 bridgehead atoms. The molecule has 3 unspecified atom stereocenters. The lowest BCUT2D eigenvalue weighted by Crippen LogP contribution is -2.36. The molecular weight excluding hydrogens is 445 g/mol. The number of alkyl halides is 3. The summed E-state index contributed by atoms with van der Waals surface area (Å²) in [6.07, 6.45) is -2.69. The van der Waals surface area contributed by atoms with E-state index in [0.29, 0.717) is 25.1 Å². The van der Waals surface area contributed by atoms with Crippen molar-refractivity contribution < 1.29 is 18.0 Å². The lowest BCUT2D eigenvalue weighted by Gasteiger charge is -2.30. The van der Waals surface area contributed by atoms with Crippen molar-refractivity contribution in [2.75, 3.05) is 0 Å². The summed E-state index contributed by atoms with van der Waals surface area (Å²) in [4.78, 5) is 28.2. The van der Waals surface area contributed by atoms with E-state index in [1.807, 2.05) is 42.5 Å². The predicted octanol–water partition coefficient (Wildman–Crippen LogP) is 5.31. The zero-order valence-corrected chi connectivity index (χ0v) is 18.9. The molecule has 6 nitrogen and oxygen atoms in total. The van der Waals surface area contributed by atoms with E-state index < -0.39 is 23.7 Å². The van der Waals surface area contributed by atoms with Crippen LogP contribution in [0.2, 0.25) is 0 Å². The fourth-order valence-corrected chi connectivity index (χ4v) is 4.78. The number of rotatable bonds is 6. The Morgan fingerprint density at radius 2 is 1.91 bits per heavy atom. The van der Waals surface area contributed by atoms with E-state index in [2.05, 4.69) is 20.5 Å². The van der Waals surface area contributed by atoms with Crippen LogP contribution in [0, 0.1) is 11.8 Å². The number of fused-ring (bicyclic) bond motifs is 1. The van der Waals surface area contributed by atoms with E-state index in [1.165, 1.54) is 0 Å². The van der Waals surface area contributed by atoms with Crippen LogP contribution in [0.3, 0.4) is 0 Å². The van der Waals surface area contributed by atoms with Gasteiger partial charge in [0.05, 0.1) is 12.0 Å². The van der Waals surface area contributed by atoms with E-state index in [1.54, 1.807) is 6.92 Å². The van der Waals surface area contributed by atoms with Crippen molar-refractivity contribution in [3.05, 3.63) is 58.5 Å². The summed E-state index contributed by atoms with van der Waals surface area (Å²) in [5.74, 6) is -1.72. The van der Waals surface area contributed by atoms with Gasteiger partial charge < -0.3 is 10.3 Å². The Balaban J connectivity index is 1.47. The van der Waals surface area contributed by atoms with Gasteiger partial charge in [0.2, 0.25) is 5.91 Å². The van der Waals surface area contributed by atoms with Crippen molar-refractivity contribution in [3.8, 4) is 11.4 Å². The quantitative estimate of drug-likeness (QED) is 0.509. The molecule has 2 aromatic carbocycles. The molecule has 180 valence electrons. The normalized spacial score (nSPS) is 19.6. The third-order valence-corrected chi connectivity index (χ3v) is 6.56. The molecule has 1 heterocycles. The second kappa shape index (κ2) is 9.95. The predicted molar refractivity (Wildman–Crippen MR) is 123 cm³/mol. The fraction of sp³-hybridized carbons (Fsp3) is 0.440. The molecule has 1 fully saturated rings. The molecule has 0 radical (unpaired) electrons. The molecule has 3 atom stereocenters. The first-order chi connectivity index (χ1) is 16.3. The van der Waals surface area contributed by atoms with Gasteiger partial charge in [-0.1, -0.05) is 55.8 Å². The standard InChI is InChI=1S/C25H27F3N4O2/c1-2-20(29-21(33)14-15-7-5-10-17(13-15)25(26,27)28)22-24(34)30-23(32-31-22)19-12-6-9-16-8-3-4-11-18(16)19/h3-4,6,8-9,11-12,15,17,20H,2,5,7,10,13-14H2,1H3,(H,29,33)(H,30,32,34). The number of hydrogen-bond donors (Lipinski definition) is 2. The number of halogens is 3. The van der Waals surface area contributed by atoms with Gasteiger partial charge in [0.25, 0.3) is 5.56 Å². The number of nitrogens with one attached hydrogen (secondary N) is 2. The van der Waals surface area contributed by atoms with Crippen molar-refractivity contribution in [2.45, 2.75) is 57.7 Å². The van der Waals surface area contributed by atoms with E-state index in [4.69, 9.17) is 0 Å². The van der Waals surface area contributed by atoms with Gasteiger partial charge in [0.15, 0.2) is 11.5 Å². The first kappa shape index (κ1) is 23.9. The minimum Gasteiger partial charge on any atom is -0.347 e. The van der Waals surface area contributed by atoms with E-state index in [0.717, 1.165) is 16.3 Å². The van der Waals surface area contributed by atoms with Crippen molar-refractivity contribution in [2.24, 2.45) is 11.8 Å². The average molecular weight is 473 g/mol. The van der Waals surface area contributed by atoms with E-state index in [9.17, 15) is 22.8 Å². The highest BCUT2D eigenvalue weighted by Crippen LogP contribution is 2.41. The maximum Gasteiger partial charge on any atom is 0.391 e. The Morgan fingerprint density at radius 1 is 1.15 bits per heavy atom. The number of hydrogen-bond acceptors (Lipinski definition) is 4. The van der Waals surface area contributed by atoms with Gasteiger partial charge in [-0.05, 0) is 42.4 Å². The smallest absolute Gasteiger partial charge is 0.347 e. The summed E-state index contributed by atoms with van der Waals surface area (Å²) in [7, 11) is 0. The Bertz CT molecular complexity index is 1220. The van der Waals surface area contributed by atoms with Crippen LogP contribution in [0.15, 0.2) is 47.3 Å². The molecule has 1 aromatic heterocycles. The first-order valence-corrected chi connectivity index (χ1v) is 11.6. The molecule has 4 rings (SSSR count). The van der Waals surface area contributed by atoms with Gasteiger partial charge >= 0.3 is 6.18 Å². The van der Waals surface area contributed by atoms with Gasteiger partial charge in [-0.25, -0.2) is 0 Å². The number of aromatic amines is 1. The maximum absolute atomic E-state index is 13.1. The van der Waals surface area contributed by atoms with Crippen molar-refractivity contribution >= 4 is 16.7 Å². The van der Waals surface area contributed by atoms with Crippen LogP contribution < -0.4 is 10.9 Å². The zero-order valence-electron chi connectivity index (χ0n) is 18.9. The molecule has 0 saturated heterocycles. The van der Waals surface area contributed by atoms with Crippen LogP contribution in [0.5, 0.6) is 0 Å². The summed E-state index contributed by atoms with van der Waals surface area (Å²) in [5.41, 5.74) is 0.361. The second-order valence-corrected chi connectivity index (χ2v) is 8.92. The number of carbonyl (C=O) groups is 1. The summed E-state index contributed by atoms with van der Waals surface area (Å²) >= 11 is 0. The Hall–Kier alpha value is -3.23. The maximum atomic E-state index is 13.1. The molecule has 1 aliphatic carbocycles. The van der Waals surface area contributed by atoms with Crippen LogP contribution in [-0.4, -0.2) is 27.3 Å². The summed E-state index contributed by atoms with van der Waals surface area (Å²) in [5, 5.41) is 13.0. The summed E-state index contributed by atoms with van der Waals surface area (Å²) in [6, 6.07) is 12.7. The molecule has 3 aromatic rings. The lowest BCUT2D eigenvalue weighted by atomic mass is 9.79. The molecule has 2 N–H and O–H groups in total. The van der Waals surface area contributed by atoms with Gasteiger partial charge in [0.1, 0.15) is 0 Å². The van der Waals surface area contributed by atoms with Gasteiger partial charge in [0, 0.05) is 12.0 Å². The van der Waals surface area contributed by atoms with Gasteiger partial charge in [-0.15, -0.1) is 10.2 Å². The largest absolute Gasteiger partial charge is 0.391 e. The number of amides is 1. The number of carbonyl (C=O) groups excluding carboxylic acids is 1. The molecule has 0 spiro atoms. The highest BCUT2D eigenvalue weighted by atomic mass is 19.4. The number of aromatic nitrogens is 3. The monoisotopic (exact) mass is 472 g/mol. The molecular formula is C25H27F3N4O2. The Kier molecular flexibility index (Phi) is 7.00. The van der Waals surface area contributed by atoms with Crippen molar-refractivity contribution in [1.29, 1.82) is 0 Å². The molecule has 1 saturated carbocycles. The van der Waals surface area contributed by atoms with Crippen LogP contribution >= 0.6 is 0 Å². The molecule has 0 aliphatic heterocycles. The molecule has 9 heteroatoms. The first-order valence-electron chi connectivity index (χ1n) is 11.6. The number of benzene rings is 2. The lowest BCUT2D eigenvalue weighted by molar-refractivity contribution is -0.186. The number of nitrogens with zero attached hydrogens (tertiary/aromatic N) is 2. The van der Waals surface area contributed by atoms with E-state index >= 15 is 0 Å². The number of H-pyrrole nitrogens is 1. The van der Waals surface area contributed by atoms with Gasteiger partial charge in [-0.3, -0.25) is 9.59 Å². The third kappa shape index (κ3) is 5.29. The summed E-state index contributed by atoms with van der Waals surface area (Å²) < 4.78 is 39.2. The molecule has 1 amide bonds. The SMILES string of the molecule is CCC(NC(=O)CC1CCCC(C(F)(F)F)C1)c1nnc(-c2cccc3ccccc23)[nH]c1=O. The summed E-state index contributed by atoms with van der Waals surface area (Å²) in [6.45, 7) is 1.80. The minimum absolute atomic E-state index is 0.00248. The highest BCUT2D eigenvalue weighted by molar-refractivity contribution is 5.94. The highest BCUT2D eigenvalue weighted by Gasteiger charge is 2.42. The minimum atomic E-state index is -4.23. The van der Waals surface area contributed by atoms with Crippen LogP contribution in [-0.2, 0) is 4.79 Å². The second-order valence-electron chi connectivity index (χ2n) is 8.92. The molecule has 34 heavy (non-hydrogen) atoms. The topological polar surface area (TPSA) is 87.7 Å². The van der Waals surface area contributed by atoms with E-state index in [-0.39, 0.29) is 36.8 Å². The zero-order chi connectivity index (χ0) is 24.3. The van der Waals surface area contributed by atoms with Gasteiger partial charge in [-0.2, -0.15) is 13.2 Å².